The summed E-state index contributed by atoms with van der Waals surface area (Å²) in [7, 11) is 3.39. The Morgan fingerprint density at radius 1 is 1.11 bits per heavy atom. The lowest BCUT2D eigenvalue weighted by Crippen LogP contribution is -2.39. The van der Waals surface area contributed by atoms with Gasteiger partial charge in [0.05, 0.1) is 14.2 Å². The van der Waals surface area contributed by atoms with Gasteiger partial charge in [0.2, 0.25) is 0 Å². The first-order valence-electron chi connectivity index (χ1n) is 9.45. The van der Waals surface area contributed by atoms with Crippen molar-refractivity contribution in [3.63, 3.8) is 0 Å². The van der Waals surface area contributed by atoms with Crippen molar-refractivity contribution in [1.29, 1.82) is 0 Å². The van der Waals surface area contributed by atoms with Crippen LogP contribution in [-0.2, 0) is 30.6 Å². The number of ether oxygens (including phenoxy) is 3. The number of rotatable bonds is 2. The van der Waals surface area contributed by atoms with Crippen LogP contribution in [0, 0.1) is 0 Å². The minimum Gasteiger partial charge on any atom is -0.493 e. The van der Waals surface area contributed by atoms with Crippen molar-refractivity contribution in [3.8, 4) is 17.2 Å². The van der Waals surface area contributed by atoms with Crippen LogP contribution in [0.5, 0.6) is 17.2 Å². The smallest absolute Gasteiger partial charge is 0.174 e. The summed E-state index contributed by atoms with van der Waals surface area (Å²) in [5.41, 5.74) is 6.29. The molecule has 1 atom stereocenters. The quantitative estimate of drug-likeness (QED) is 0.819. The first kappa shape index (κ1) is 16.6. The number of fused-ring (bicyclic) bond motifs is 5. The van der Waals surface area contributed by atoms with E-state index < -0.39 is 0 Å². The minimum atomic E-state index is 0.160. The molecule has 0 saturated carbocycles. The van der Waals surface area contributed by atoms with E-state index in [-0.39, 0.29) is 12.4 Å². The first-order valence-corrected chi connectivity index (χ1v) is 9.45. The predicted octanol–water partition coefficient (Wildman–Crippen LogP) is 2.86. The number of carbonyl (C=O) groups excluding carboxylic acids is 1. The van der Waals surface area contributed by atoms with Crippen molar-refractivity contribution in [2.75, 3.05) is 27.4 Å². The molecule has 3 aliphatic rings. The van der Waals surface area contributed by atoms with Crippen molar-refractivity contribution >= 4 is 5.78 Å². The maximum atomic E-state index is 11.7. The Morgan fingerprint density at radius 2 is 2.00 bits per heavy atom. The highest BCUT2D eigenvalue weighted by molar-refractivity contribution is 5.84. The van der Waals surface area contributed by atoms with E-state index in [2.05, 4.69) is 23.1 Å². The van der Waals surface area contributed by atoms with E-state index in [0.29, 0.717) is 12.5 Å². The number of ketones is 1. The Balaban J connectivity index is 1.55. The molecule has 27 heavy (non-hydrogen) atoms. The topological polar surface area (TPSA) is 48.0 Å². The van der Waals surface area contributed by atoms with Crippen molar-refractivity contribution in [2.45, 2.75) is 31.8 Å². The lowest BCUT2D eigenvalue weighted by atomic mass is 9.82. The number of hydrogen-bond donors (Lipinski definition) is 0. The third-order valence-corrected chi connectivity index (χ3v) is 6.09. The second-order valence-corrected chi connectivity index (χ2v) is 7.54. The highest BCUT2D eigenvalue weighted by Gasteiger charge is 2.35. The zero-order valence-corrected chi connectivity index (χ0v) is 15.7. The van der Waals surface area contributed by atoms with E-state index >= 15 is 0 Å². The van der Waals surface area contributed by atoms with Gasteiger partial charge >= 0.3 is 0 Å². The zero-order chi connectivity index (χ0) is 18.5. The molecule has 3 aliphatic heterocycles. The lowest BCUT2D eigenvalue weighted by molar-refractivity contribution is -0.121. The van der Waals surface area contributed by atoms with Gasteiger partial charge in [-0.05, 0) is 41.7 Å². The standard InChI is InChI=1S/C22H23NO4/c1-25-20-4-3-13-9-19-17-10-21-15(8-16(24)12-27-21)7-14(17)5-6-23(19)11-18(13)22(20)26-2/h3-4,7,10,19H,5-6,8-9,11-12H2,1-2H3. The molecule has 5 rings (SSSR count). The van der Waals surface area contributed by atoms with Gasteiger partial charge in [0, 0.05) is 36.7 Å². The number of carbonyl (C=O) groups is 1. The summed E-state index contributed by atoms with van der Waals surface area (Å²) in [6.07, 6.45) is 2.44. The molecule has 0 bridgehead atoms. The van der Waals surface area contributed by atoms with Crippen LogP contribution >= 0.6 is 0 Å². The van der Waals surface area contributed by atoms with Crippen molar-refractivity contribution in [3.05, 3.63) is 52.1 Å². The number of nitrogens with zero attached hydrogens (tertiary/aromatic N) is 1. The zero-order valence-electron chi connectivity index (χ0n) is 15.7. The molecular weight excluding hydrogens is 342 g/mol. The summed E-state index contributed by atoms with van der Waals surface area (Å²) < 4.78 is 16.9. The van der Waals surface area contributed by atoms with Crippen LogP contribution in [0.15, 0.2) is 24.3 Å². The van der Waals surface area contributed by atoms with E-state index in [4.69, 9.17) is 14.2 Å². The van der Waals surface area contributed by atoms with Crippen LogP contribution in [0.1, 0.15) is 33.9 Å². The molecule has 0 aromatic heterocycles. The summed E-state index contributed by atoms with van der Waals surface area (Å²) in [6, 6.07) is 8.88. The lowest BCUT2D eigenvalue weighted by Gasteiger charge is -2.42. The average Bonchev–Trinajstić information content (AvgIpc) is 2.69. The third kappa shape index (κ3) is 2.60. The second-order valence-electron chi connectivity index (χ2n) is 7.54. The predicted molar refractivity (Wildman–Crippen MR) is 101 cm³/mol. The van der Waals surface area contributed by atoms with E-state index in [1.165, 1.54) is 22.3 Å². The van der Waals surface area contributed by atoms with Gasteiger partial charge in [0.1, 0.15) is 12.4 Å². The highest BCUT2D eigenvalue weighted by atomic mass is 16.5. The van der Waals surface area contributed by atoms with E-state index in [9.17, 15) is 4.79 Å². The van der Waals surface area contributed by atoms with E-state index in [1.54, 1.807) is 14.2 Å². The Kier molecular flexibility index (Phi) is 3.86. The Bertz CT molecular complexity index is 936. The molecule has 3 heterocycles. The summed E-state index contributed by atoms with van der Waals surface area (Å²) in [5, 5.41) is 0. The van der Waals surface area contributed by atoms with Gasteiger partial charge in [-0.3, -0.25) is 9.69 Å². The molecule has 0 N–H and O–H groups in total. The van der Waals surface area contributed by atoms with Gasteiger partial charge in [-0.25, -0.2) is 0 Å². The average molecular weight is 365 g/mol. The summed E-state index contributed by atoms with van der Waals surface area (Å²) >= 11 is 0. The number of methoxy groups -OCH3 is 2. The van der Waals surface area contributed by atoms with Crippen LogP contribution in [0.3, 0.4) is 0 Å². The van der Waals surface area contributed by atoms with E-state index in [1.807, 2.05) is 6.07 Å². The normalized spacial score (nSPS) is 20.7. The maximum absolute atomic E-state index is 11.7. The number of hydrogen-bond acceptors (Lipinski definition) is 5. The fourth-order valence-electron chi connectivity index (χ4n) is 4.76. The van der Waals surface area contributed by atoms with Crippen LogP contribution < -0.4 is 14.2 Å². The van der Waals surface area contributed by atoms with Crippen LogP contribution in [0.2, 0.25) is 0 Å². The van der Waals surface area contributed by atoms with Gasteiger partial charge in [-0.2, -0.15) is 0 Å². The van der Waals surface area contributed by atoms with Crippen LogP contribution in [-0.4, -0.2) is 38.1 Å². The van der Waals surface area contributed by atoms with Crippen molar-refractivity contribution < 1.29 is 19.0 Å². The third-order valence-electron chi connectivity index (χ3n) is 6.09. The molecule has 1 unspecified atom stereocenters. The molecule has 0 fully saturated rings. The molecule has 140 valence electrons. The van der Waals surface area contributed by atoms with Gasteiger partial charge in [-0.1, -0.05) is 12.1 Å². The molecule has 0 aliphatic carbocycles. The molecule has 0 spiro atoms. The molecule has 0 saturated heterocycles. The van der Waals surface area contributed by atoms with Gasteiger partial charge in [0.15, 0.2) is 17.3 Å². The van der Waals surface area contributed by atoms with Crippen LogP contribution in [0.25, 0.3) is 0 Å². The second kappa shape index (κ2) is 6.27. The summed E-state index contributed by atoms with van der Waals surface area (Å²) in [6.45, 7) is 2.06. The van der Waals surface area contributed by atoms with Gasteiger partial charge in [0.25, 0.3) is 0 Å². The molecular formula is C22H23NO4. The Hall–Kier alpha value is -2.53. The van der Waals surface area contributed by atoms with Crippen molar-refractivity contribution in [2.24, 2.45) is 0 Å². The summed E-state index contributed by atoms with van der Waals surface area (Å²) in [5.74, 6) is 2.69. The number of benzene rings is 2. The maximum Gasteiger partial charge on any atom is 0.174 e. The first-order chi connectivity index (χ1) is 13.2. The fourth-order valence-corrected chi connectivity index (χ4v) is 4.76. The van der Waals surface area contributed by atoms with Gasteiger partial charge < -0.3 is 14.2 Å². The minimum absolute atomic E-state index is 0.160. The molecule has 2 aromatic carbocycles. The molecule has 2 aromatic rings. The van der Waals surface area contributed by atoms with Crippen molar-refractivity contribution in [1.82, 2.24) is 4.90 Å². The fraction of sp³-hybridized carbons (Fsp3) is 0.409. The van der Waals surface area contributed by atoms with Crippen LogP contribution in [0.4, 0.5) is 0 Å². The van der Waals surface area contributed by atoms with Gasteiger partial charge in [-0.15, -0.1) is 0 Å². The van der Waals surface area contributed by atoms with E-state index in [0.717, 1.165) is 48.7 Å². The summed E-state index contributed by atoms with van der Waals surface area (Å²) in [4.78, 5) is 14.2. The molecule has 5 heteroatoms. The SMILES string of the molecule is COc1ccc2c(c1OC)CN1CCc3cc4c(cc3C1C2)OCC(=O)C4. The molecule has 0 radical (unpaired) electrons. The molecule has 0 amide bonds. The largest absolute Gasteiger partial charge is 0.493 e. The number of Topliss-reactive ketones (excluding diaryl/α,β-unsaturated/α-hetero) is 1. The molecule has 5 nitrogen and oxygen atoms in total. The Morgan fingerprint density at radius 3 is 2.81 bits per heavy atom. The highest BCUT2D eigenvalue weighted by Crippen LogP contribution is 2.45. The monoisotopic (exact) mass is 365 g/mol. The Labute approximate surface area is 158 Å².